The molecule has 0 spiro atoms. The van der Waals surface area contributed by atoms with Crippen LogP contribution >= 0.6 is 0 Å². The van der Waals surface area contributed by atoms with Crippen LogP contribution in [0.2, 0.25) is 0 Å². The summed E-state index contributed by atoms with van der Waals surface area (Å²) >= 11 is 0. The van der Waals surface area contributed by atoms with Crippen molar-refractivity contribution in [3.05, 3.63) is 59.7 Å². The van der Waals surface area contributed by atoms with Crippen LogP contribution < -0.4 is 15.0 Å². The molecular formula is C20H20F2N2O3. The number of hydrogen-bond acceptors (Lipinski definition) is 3. The second-order valence-electron chi connectivity index (χ2n) is 6.39. The SMILES string of the molecule is COc1ccc(CCNC(=O)C2CC(=O)N(c3ccc(F)cc3F)C2)cc1. The van der Waals surface area contributed by atoms with Gasteiger partial charge in [0.25, 0.3) is 0 Å². The molecule has 27 heavy (non-hydrogen) atoms. The number of anilines is 1. The zero-order valence-corrected chi connectivity index (χ0v) is 14.9. The second-order valence-corrected chi connectivity index (χ2v) is 6.39. The second kappa shape index (κ2) is 8.16. The zero-order chi connectivity index (χ0) is 19.4. The van der Waals surface area contributed by atoms with E-state index in [0.29, 0.717) is 13.0 Å². The lowest BCUT2D eigenvalue weighted by Crippen LogP contribution is -2.34. The molecule has 1 aliphatic heterocycles. The largest absolute Gasteiger partial charge is 0.497 e. The minimum absolute atomic E-state index is 0.00469. The lowest BCUT2D eigenvalue weighted by molar-refractivity contribution is -0.126. The maximum Gasteiger partial charge on any atom is 0.227 e. The Morgan fingerprint density at radius 2 is 1.96 bits per heavy atom. The summed E-state index contributed by atoms with van der Waals surface area (Å²) in [7, 11) is 1.60. The molecule has 2 aromatic rings. The Morgan fingerprint density at radius 1 is 1.22 bits per heavy atom. The van der Waals surface area contributed by atoms with Crippen molar-refractivity contribution < 1.29 is 23.1 Å². The van der Waals surface area contributed by atoms with Crippen molar-refractivity contribution in [3.8, 4) is 5.75 Å². The Morgan fingerprint density at radius 3 is 2.63 bits per heavy atom. The zero-order valence-electron chi connectivity index (χ0n) is 14.9. The molecule has 7 heteroatoms. The number of carbonyl (C=O) groups is 2. The van der Waals surface area contributed by atoms with Crippen LogP contribution in [0.1, 0.15) is 12.0 Å². The molecule has 1 fully saturated rings. The highest BCUT2D eigenvalue weighted by atomic mass is 19.1. The number of amides is 2. The highest BCUT2D eigenvalue weighted by Crippen LogP contribution is 2.28. The molecule has 0 radical (unpaired) electrons. The summed E-state index contributed by atoms with van der Waals surface area (Å²) in [5.74, 6) is -1.92. The average Bonchev–Trinajstić information content (AvgIpc) is 3.04. The number of nitrogens with one attached hydrogen (secondary N) is 1. The van der Waals surface area contributed by atoms with Gasteiger partial charge in [0.1, 0.15) is 17.4 Å². The van der Waals surface area contributed by atoms with Gasteiger partial charge in [-0.25, -0.2) is 8.78 Å². The van der Waals surface area contributed by atoms with E-state index in [9.17, 15) is 18.4 Å². The van der Waals surface area contributed by atoms with Crippen molar-refractivity contribution in [2.75, 3.05) is 25.1 Å². The molecule has 1 saturated heterocycles. The van der Waals surface area contributed by atoms with Crippen LogP contribution in [0.5, 0.6) is 5.75 Å². The molecule has 1 atom stereocenters. The molecular weight excluding hydrogens is 354 g/mol. The molecule has 1 heterocycles. The van der Waals surface area contributed by atoms with Gasteiger partial charge in [-0.1, -0.05) is 12.1 Å². The van der Waals surface area contributed by atoms with E-state index in [1.54, 1.807) is 7.11 Å². The summed E-state index contributed by atoms with van der Waals surface area (Å²) in [4.78, 5) is 25.7. The first-order chi connectivity index (χ1) is 13.0. The van der Waals surface area contributed by atoms with Gasteiger partial charge in [0.15, 0.2) is 0 Å². The van der Waals surface area contributed by atoms with E-state index in [1.807, 2.05) is 24.3 Å². The van der Waals surface area contributed by atoms with Crippen molar-refractivity contribution in [3.63, 3.8) is 0 Å². The lowest BCUT2D eigenvalue weighted by Gasteiger charge is -2.17. The molecule has 142 valence electrons. The Kier molecular flexibility index (Phi) is 5.69. The smallest absolute Gasteiger partial charge is 0.227 e. The number of nitrogens with zero attached hydrogens (tertiary/aromatic N) is 1. The van der Waals surface area contributed by atoms with Crippen LogP contribution in [0.3, 0.4) is 0 Å². The number of carbonyl (C=O) groups excluding carboxylic acids is 2. The third kappa shape index (κ3) is 4.42. The van der Waals surface area contributed by atoms with Gasteiger partial charge in [-0.2, -0.15) is 0 Å². The number of halogens is 2. The maximum absolute atomic E-state index is 13.9. The first-order valence-corrected chi connectivity index (χ1v) is 8.64. The lowest BCUT2D eigenvalue weighted by atomic mass is 10.1. The summed E-state index contributed by atoms with van der Waals surface area (Å²) in [6.07, 6.45) is 0.651. The number of rotatable bonds is 6. The van der Waals surface area contributed by atoms with Crippen LogP contribution in [0, 0.1) is 17.6 Å². The topological polar surface area (TPSA) is 58.6 Å². The van der Waals surface area contributed by atoms with E-state index in [4.69, 9.17) is 4.74 Å². The normalized spacial score (nSPS) is 16.5. The van der Waals surface area contributed by atoms with Crippen molar-refractivity contribution >= 4 is 17.5 Å². The highest BCUT2D eigenvalue weighted by Gasteiger charge is 2.36. The number of ether oxygens (including phenoxy) is 1. The fourth-order valence-electron chi connectivity index (χ4n) is 3.08. The van der Waals surface area contributed by atoms with Gasteiger partial charge in [0.2, 0.25) is 11.8 Å². The summed E-state index contributed by atoms with van der Waals surface area (Å²) in [5.41, 5.74) is 1.04. The van der Waals surface area contributed by atoms with E-state index in [0.717, 1.165) is 23.4 Å². The Balaban J connectivity index is 1.54. The highest BCUT2D eigenvalue weighted by molar-refractivity contribution is 6.00. The Labute approximate surface area is 155 Å². The van der Waals surface area contributed by atoms with Gasteiger partial charge in [-0.3, -0.25) is 9.59 Å². The summed E-state index contributed by atoms with van der Waals surface area (Å²) < 4.78 is 32.0. The molecule has 0 aromatic heterocycles. The van der Waals surface area contributed by atoms with Crippen LogP contribution in [0.25, 0.3) is 0 Å². The van der Waals surface area contributed by atoms with Crippen molar-refractivity contribution in [2.24, 2.45) is 5.92 Å². The van der Waals surface area contributed by atoms with Gasteiger partial charge in [0.05, 0.1) is 18.7 Å². The van der Waals surface area contributed by atoms with Gasteiger partial charge in [-0.05, 0) is 36.2 Å². The molecule has 0 saturated carbocycles. The monoisotopic (exact) mass is 374 g/mol. The van der Waals surface area contributed by atoms with Gasteiger partial charge >= 0.3 is 0 Å². The van der Waals surface area contributed by atoms with Gasteiger partial charge in [-0.15, -0.1) is 0 Å². The molecule has 1 unspecified atom stereocenters. The fourth-order valence-corrected chi connectivity index (χ4v) is 3.08. The van der Waals surface area contributed by atoms with Crippen molar-refractivity contribution in [2.45, 2.75) is 12.8 Å². The number of methoxy groups -OCH3 is 1. The molecule has 1 N–H and O–H groups in total. The summed E-state index contributed by atoms with van der Waals surface area (Å²) in [5, 5.41) is 2.82. The van der Waals surface area contributed by atoms with Gasteiger partial charge < -0.3 is 15.0 Å². The predicted octanol–water partition coefficient (Wildman–Crippen LogP) is 2.69. The number of hydrogen-bond donors (Lipinski definition) is 1. The predicted molar refractivity (Wildman–Crippen MR) is 96.5 cm³/mol. The van der Waals surface area contributed by atoms with Crippen LogP contribution in [0.15, 0.2) is 42.5 Å². The van der Waals surface area contributed by atoms with E-state index >= 15 is 0 Å². The molecule has 3 rings (SSSR count). The quantitative estimate of drug-likeness (QED) is 0.846. The van der Waals surface area contributed by atoms with Gasteiger partial charge in [0, 0.05) is 25.6 Å². The molecule has 0 bridgehead atoms. The van der Waals surface area contributed by atoms with Crippen molar-refractivity contribution in [1.82, 2.24) is 5.32 Å². The van der Waals surface area contributed by atoms with Crippen LogP contribution in [0.4, 0.5) is 14.5 Å². The molecule has 2 aromatic carbocycles. The first-order valence-electron chi connectivity index (χ1n) is 8.64. The van der Waals surface area contributed by atoms with E-state index in [2.05, 4.69) is 5.32 Å². The van der Waals surface area contributed by atoms with Crippen molar-refractivity contribution in [1.29, 1.82) is 0 Å². The molecule has 2 amide bonds. The molecule has 5 nitrogen and oxygen atoms in total. The average molecular weight is 374 g/mol. The minimum atomic E-state index is -0.816. The van der Waals surface area contributed by atoms with E-state index in [1.165, 1.54) is 11.0 Å². The number of benzene rings is 2. The first kappa shape index (κ1) is 18.8. The summed E-state index contributed by atoms with van der Waals surface area (Å²) in [6.45, 7) is 0.510. The fraction of sp³-hybridized carbons (Fsp3) is 0.300. The maximum atomic E-state index is 13.9. The molecule has 0 aliphatic carbocycles. The standard InChI is InChI=1S/C20H20F2N2O3/c1-27-16-5-2-13(3-6-16)8-9-23-20(26)14-10-19(25)24(12-14)18-7-4-15(21)11-17(18)22/h2-7,11,14H,8-10,12H2,1H3,(H,23,26). The Hall–Kier alpha value is -2.96. The van der Waals surface area contributed by atoms with E-state index < -0.39 is 17.6 Å². The molecule has 1 aliphatic rings. The van der Waals surface area contributed by atoms with E-state index in [-0.39, 0.29) is 30.5 Å². The van der Waals surface area contributed by atoms with Crippen LogP contribution in [-0.4, -0.2) is 32.0 Å². The van der Waals surface area contributed by atoms with Crippen LogP contribution in [-0.2, 0) is 16.0 Å². The third-order valence-corrected chi connectivity index (χ3v) is 4.57. The summed E-state index contributed by atoms with van der Waals surface area (Å²) in [6, 6.07) is 10.6. The Bertz CT molecular complexity index is 840. The minimum Gasteiger partial charge on any atom is -0.497 e. The third-order valence-electron chi connectivity index (χ3n) is 4.57.